The Morgan fingerprint density at radius 2 is 1.78 bits per heavy atom. The van der Waals surface area contributed by atoms with Gasteiger partial charge in [0.05, 0.1) is 23.8 Å². The lowest BCUT2D eigenvalue weighted by Gasteiger charge is -2.47. The Balaban J connectivity index is 0.912. The number of rotatable bonds is 9. The van der Waals surface area contributed by atoms with E-state index in [0.29, 0.717) is 93.4 Å². The van der Waals surface area contributed by atoms with Crippen molar-refractivity contribution in [3.63, 3.8) is 0 Å². The molecule has 2 aromatic rings. The number of allylic oxidation sites excluding steroid dienone is 1. The van der Waals surface area contributed by atoms with Crippen molar-refractivity contribution < 1.29 is 37.9 Å². The maximum Gasteiger partial charge on any atom is 0.269 e. The van der Waals surface area contributed by atoms with E-state index in [2.05, 4.69) is 15.5 Å². The van der Waals surface area contributed by atoms with Crippen LogP contribution in [-0.2, 0) is 14.4 Å². The maximum absolute atomic E-state index is 15.8. The summed E-state index contributed by atoms with van der Waals surface area (Å²) < 4.78 is 31.7. The fourth-order valence-corrected chi connectivity index (χ4v) is 8.90. The number of aromatic hydroxyl groups is 1. The van der Waals surface area contributed by atoms with Crippen molar-refractivity contribution in [1.82, 2.24) is 30.2 Å². The smallest absolute Gasteiger partial charge is 0.269 e. The van der Waals surface area contributed by atoms with E-state index < -0.39 is 42.1 Å². The van der Waals surface area contributed by atoms with Gasteiger partial charge in [0.15, 0.2) is 6.29 Å². The van der Waals surface area contributed by atoms with Crippen LogP contribution in [-0.4, -0.2) is 139 Å². The summed E-state index contributed by atoms with van der Waals surface area (Å²) in [4.78, 5) is 71.9. The Morgan fingerprint density at radius 3 is 2.48 bits per heavy atom. The second-order valence-electron chi connectivity index (χ2n) is 15.9. The highest BCUT2D eigenvalue weighted by Gasteiger charge is 2.46. The van der Waals surface area contributed by atoms with E-state index in [4.69, 9.17) is 11.5 Å². The first-order valence-electron chi connectivity index (χ1n) is 19.8. The van der Waals surface area contributed by atoms with E-state index in [1.165, 1.54) is 29.0 Å². The van der Waals surface area contributed by atoms with Gasteiger partial charge in [-0.05, 0) is 75.2 Å². The van der Waals surface area contributed by atoms with Crippen molar-refractivity contribution in [3.8, 4) is 5.75 Å². The zero-order chi connectivity index (χ0) is 41.3. The fourth-order valence-electron chi connectivity index (χ4n) is 8.90. The molecule has 5 heterocycles. The van der Waals surface area contributed by atoms with Crippen LogP contribution in [0.5, 0.6) is 5.75 Å². The average Bonchev–Trinajstić information content (AvgIpc) is 3.21. The summed E-state index contributed by atoms with van der Waals surface area (Å²) in [6.07, 6.45) is 3.84. The van der Waals surface area contributed by atoms with Gasteiger partial charge in [-0.3, -0.25) is 29.3 Å². The molecule has 17 heteroatoms. The number of carbonyl (C=O) groups is 5. The highest BCUT2D eigenvalue weighted by atomic mass is 19.3. The number of piperazine rings is 1. The van der Waals surface area contributed by atoms with E-state index in [1.54, 1.807) is 36.4 Å². The number of nitrogens with zero attached hydrogens (tertiary/aromatic N) is 5. The van der Waals surface area contributed by atoms with Crippen LogP contribution in [0.25, 0.3) is 5.70 Å². The number of hydrogen-bond donors (Lipinski definition) is 5. The number of benzene rings is 2. The Labute approximate surface area is 335 Å². The Kier molecular flexibility index (Phi) is 11.6. The van der Waals surface area contributed by atoms with Crippen LogP contribution in [0.1, 0.15) is 58.4 Å². The molecule has 15 nitrogen and oxygen atoms in total. The number of carbonyl (C=O) groups excluding carboxylic acids is 5. The molecule has 0 aromatic heterocycles. The summed E-state index contributed by atoms with van der Waals surface area (Å²) in [5, 5.41) is 15.7. The van der Waals surface area contributed by atoms with Gasteiger partial charge in [0.25, 0.3) is 11.8 Å². The molecule has 0 saturated carbocycles. The normalized spacial score (nSPS) is 24.5. The standard InChI is InChI=1S/C41H51F2N9O6/c1-48(33-8-9-36(55)47-38(33)56)40(58)31-18-28(7-6-26(31)23-53)51-15-12-27(41(42,43)24-51)21-49-13-10-25(11-14-49)39(57)50-16-17-52-29(22-50)20-46-37(45)34(52)19-32(44)30-4-2-3-5-35(30)54/h2-7,18-19,23,25,27,29,33,46,54H,8-17,20-22,24,44-45H2,1H3,(H,47,55,56)/b32-19-. The number of hydrogen-bond acceptors (Lipinski definition) is 12. The molecule has 4 saturated heterocycles. The number of halogens is 2. The number of fused-ring (bicyclic) bond motifs is 1. The number of amides is 4. The number of likely N-dealkylation sites (tertiary alicyclic amines) is 1. The molecule has 0 bridgehead atoms. The van der Waals surface area contributed by atoms with Crippen LogP contribution in [0, 0.1) is 11.8 Å². The van der Waals surface area contributed by atoms with Gasteiger partial charge in [-0.1, -0.05) is 12.1 Å². The molecule has 310 valence electrons. The van der Waals surface area contributed by atoms with E-state index in [1.807, 2.05) is 9.80 Å². The zero-order valence-corrected chi connectivity index (χ0v) is 32.5. The Hall–Kier alpha value is -5.71. The summed E-state index contributed by atoms with van der Waals surface area (Å²) >= 11 is 0. The van der Waals surface area contributed by atoms with Gasteiger partial charge in [-0.25, -0.2) is 8.78 Å². The minimum atomic E-state index is -3.05. The van der Waals surface area contributed by atoms with Crippen molar-refractivity contribution in [2.24, 2.45) is 23.3 Å². The Morgan fingerprint density at radius 1 is 1.02 bits per heavy atom. The first-order valence-corrected chi connectivity index (χ1v) is 19.8. The summed E-state index contributed by atoms with van der Waals surface area (Å²) in [6.45, 7) is 3.15. The van der Waals surface area contributed by atoms with Crippen LogP contribution in [0.4, 0.5) is 14.5 Å². The number of phenolic OH excluding ortho intramolecular Hbond substituents is 1. The van der Waals surface area contributed by atoms with Crippen molar-refractivity contribution in [2.75, 3.05) is 70.9 Å². The fraction of sp³-hybridized carbons (Fsp3) is 0.488. The van der Waals surface area contributed by atoms with Gasteiger partial charge >= 0.3 is 0 Å². The number of aldehydes is 1. The molecule has 3 unspecified atom stereocenters. The largest absolute Gasteiger partial charge is 0.507 e. The van der Waals surface area contributed by atoms with Crippen molar-refractivity contribution in [3.05, 3.63) is 76.7 Å². The molecule has 3 atom stereocenters. The summed E-state index contributed by atoms with van der Waals surface area (Å²) in [5.41, 5.74) is 14.7. The molecular formula is C41H51F2N9O6. The highest BCUT2D eigenvalue weighted by molar-refractivity contribution is 6.06. The topological polar surface area (TPSA) is 198 Å². The lowest BCUT2D eigenvalue weighted by molar-refractivity contribution is -0.140. The quantitative estimate of drug-likeness (QED) is 0.181. The third-order valence-corrected chi connectivity index (χ3v) is 12.3. The summed E-state index contributed by atoms with van der Waals surface area (Å²) in [5.74, 6) is -5.17. The molecule has 5 aliphatic heterocycles. The minimum Gasteiger partial charge on any atom is -0.507 e. The minimum absolute atomic E-state index is 0.00537. The predicted octanol–water partition coefficient (Wildman–Crippen LogP) is 1.50. The first kappa shape index (κ1) is 40.5. The number of piperidine rings is 3. The highest BCUT2D eigenvalue weighted by Crippen LogP contribution is 2.37. The van der Waals surface area contributed by atoms with Crippen LogP contribution in [0.2, 0.25) is 0 Å². The predicted molar refractivity (Wildman–Crippen MR) is 211 cm³/mol. The number of phenols is 1. The maximum atomic E-state index is 15.8. The molecule has 7 N–H and O–H groups in total. The molecule has 0 radical (unpaired) electrons. The van der Waals surface area contributed by atoms with Gasteiger partial charge in [0.2, 0.25) is 17.7 Å². The van der Waals surface area contributed by atoms with Gasteiger partial charge in [0, 0.05) is 87.1 Å². The van der Waals surface area contributed by atoms with Crippen LogP contribution in [0.15, 0.2) is 60.1 Å². The third-order valence-electron chi connectivity index (χ3n) is 12.3. The number of likely N-dealkylation sites (N-methyl/N-ethyl adjacent to an activating group) is 1. The second-order valence-corrected chi connectivity index (χ2v) is 15.9. The molecule has 7 rings (SSSR count). The lowest BCUT2D eigenvalue weighted by Crippen LogP contribution is -2.61. The SMILES string of the molecule is CN(C(=O)c1cc(N2CCC(CN3CCC(C(=O)N4CCN5C(/C=C(\N)c6ccccc6O)=C(N)NCC5C4)CC3)C(F)(F)C2)ccc1C=O)C1CCC(=O)NC1=O. The van der Waals surface area contributed by atoms with Crippen LogP contribution in [0.3, 0.4) is 0 Å². The number of para-hydroxylation sites is 1. The van der Waals surface area contributed by atoms with Crippen molar-refractivity contribution in [1.29, 1.82) is 0 Å². The van der Waals surface area contributed by atoms with Crippen LogP contribution < -0.4 is 27.0 Å². The van der Waals surface area contributed by atoms with Crippen LogP contribution >= 0.6 is 0 Å². The second kappa shape index (κ2) is 16.6. The number of anilines is 1. The molecule has 2 aromatic carbocycles. The number of imide groups is 1. The monoisotopic (exact) mass is 803 g/mol. The van der Waals surface area contributed by atoms with E-state index in [0.717, 1.165) is 0 Å². The number of alkyl halides is 2. The third kappa shape index (κ3) is 8.31. The van der Waals surface area contributed by atoms with Gasteiger partial charge < -0.3 is 46.4 Å². The molecule has 0 spiro atoms. The summed E-state index contributed by atoms with van der Waals surface area (Å²) in [7, 11) is 1.42. The van der Waals surface area contributed by atoms with Gasteiger partial charge in [0.1, 0.15) is 17.6 Å². The number of nitrogens with two attached hydrogens (primary N) is 2. The molecule has 0 aliphatic carbocycles. The molecule has 58 heavy (non-hydrogen) atoms. The molecular weight excluding hydrogens is 753 g/mol. The van der Waals surface area contributed by atoms with E-state index >= 15 is 8.78 Å². The van der Waals surface area contributed by atoms with E-state index in [-0.39, 0.29) is 60.6 Å². The first-order chi connectivity index (χ1) is 27.7. The molecule has 4 fully saturated rings. The molecule has 5 aliphatic rings. The Bertz CT molecular complexity index is 2020. The summed E-state index contributed by atoms with van der Waals surface area (Å²) in [6, 6.07) is 10.3. The lowest BCUT2D eigenvalue weighted by atomic mass is 9.89. The van der Waals surface area contributed by atoms with Crippen molar-refractivity contribution >= 4 is 41.3 Å². The number of nitrogens with one attached hydrogen (secondary N) is 2. The van der Waals surface area contributed by atoms with E-state index in [9.17, 15) is 29.1 Å². The van der Waals surface area contributed by atoms with Gasteiger partial charge in [-0.2, -0.15) is 0 Å². The molecule has 4 amide bonds. The average molecular weight is 804 g/mol. The van der Waals surface area contributed by atoms with Gasteiger partial charge in [-0.15, -0.1) is 0 Å². The van der Waals surface area contributed by atoms with Crippen molar-refractivity contribution in [2.45, 2.75) is 50.1 Å². The zero-order valence-electron chi connectivity index (χ0n) is 32.5.